The van der Waals surface area contributed by atoms with Crippen molar-refractivity contribution in [2.24, 2.45) is 10.9 Å². The number of aliphatic imine (C=N–C) groups is 1. The highest BCUT2D eigenvalue weighted by atomic mass is 16.1. The molecular weight excluding hydrogens is 338 g/mol. The summed E-state index contributed by atoms with van der Waals surface area (Å²) in [6.45, 7) is 12.0. The number of piperidine rings is 1. The number of benzene rings is 1. The molecule has 1 fully saturated rings. The molecule has 0 aromatic heterocycles. The van der Waals surface area contributed by atoms with E-state index in [1.54, 1.807) is 0 Å². The van der Waals surface area contributed by atoms with Gasteiger partial charge in [-0.1, -0.05) is 31.5 Å². The van der Waals surface area contributed by atoms with E-state index in [9.17, 15) is 4.79 Å². The molecule has 0 bridgehead atoms. The first-order valence-electron chi connectivity index (χ1n) is 10.1. The van der Waals surface area contributed by atoms with Crippen LogP contribution in [0.5, 0.6) is 0 Å². The minimum atomic E-state index is 0.00957. The van der Waals surface area contributed by atoms with Crippen LogP contribution < -0.4 is 20.9 Å². The molecule has 0 saturated carbocycles. The third-order valence-electron chi connectivity index (χ3n) is 4.71. The Balaban J connectivity index is 1.87. The number of carbonyl (C=O) groups excluding carboxylic acids is 1. The number of amides is 1. The van der Waals surface area contributed by atoms with Crippen molar-refractivity contribution in [1.82, 2.24) is 16.0 Å². The van der Waals surface area contributed by atoms with Gasteiger partial charge >= 0.3 is 0 Å². The zero-order valence-corrected chi connectivity index (χ0v) is 17.2. The Morgan fingerprint density at radius 1 is 1.26 bits per heavy atom. The standard InChI is InChI=1S/C21H35N5O/c1-5-22-21(24-13-12-23-20(27)16(2)3)25-18-7-6-14-26(15-18)19-10-8-17(4)9-11-19/h8-11,16,18H,5-7,12-15H2,1-4H3,(H,23,27)(H2,22,24,25). The monoisotopic (exact) mass is 373 g/mol. The maximum Gasteiger partial charge on any atom is 0.222 e. The molecule has 3 N–H and O–H groups in total. The average molecular weight is 374 g/mol. The van der Waals surface area contributed by atoms with Gasteiger partial charge in [0.15, 0.2) is 5.96 Å². The first-order chi connectivity index (χ1) is 13.0. The lowest BCUT2D eigenvalue weighted by atomic mass is 10.0. The summed E-state index contributed by atoms with van der Waals surface area (Å²) in [6.07, 6.45) is 2.30. The molecule has 0 radical (unpaired) electrons. The lowest BCUT2D eigenvalue weighted by Gasteiger charge is -2.35. The third kappa shape index (κ3) is 7.12. The molecule has 1 atom stereocenters. The van der Waals surface area contributed by atoms with Crippen molar-refractivity contribution >= 4 is 17.6 Å². The predicted molar refractivity (Wildman–Crippen MR) is 113 cm³/mol. The van der Waals surface area contributed by atoms with Crippen molar-refractivity contribution in [3.8, 4) is 0 Å². The van der Waals surface area contributed by atoms with Gasteiger partial charge < -0.3 is 20.9 Å². The maximum absolute atomic E-state index is 11.6. The van der Waals surface area contributed by atoms with Gasteiger partial charge in [0.2, 0.25) is 5.91 Å². The van der Waals surface area contributed by atoms with Crippen LogP contribution in [0.1, 0.15) is 39.2 Å². The number of guanidine groups is 1. The van der Waals surface area contributed by atoms with Crippen molar-refractivity contribution in [3.05, 3.63) is 29.8 Å². The van der Waals surface area contributed by atoms with Crippen LogP contribution >= 0.6 is 0 Å². The van der Waals surface area contributed by atoms with Gasteiger partial charge in [-0.2, -0.15) is 0 Å². The van der Waals surface area contributed by atoms with E-state index in [0.29, 0.717) is 19.1 Å². The molecule has 1 saturated heterocycles. The topological polar surface area (TPSA) is 68.8 Å². The second-order valence-electron chi connectivity index (χ2n) is 7.47. The number of hydrogen-bond donors (Lipinski definition) is 3. The van der Waals surface area contributed by atoms with Gasteiger partial charge in [-0.25, -0.2) is 0 Å². The van der Waals surface area contributed by atoms with Gasteiger partial charge in [0, 0.05) is 43.8 Å². The molecule has 6 nitrogen and oxygen atoms in total. The van der Waals surface area contributed by atoms with E-state index in [0.717, 1.165) is 38.4 Å². The van der Waals surface area contributed by atoms with Crippen LogP contribution in [0, 0.1) is 12.8 Å². The molecule has 150 valence electrons. The quantitative estimate of drug-likeness (QED) is 0.390. The first-order valence-corrected chi connectivity index (χ1v) is 10.1. The van der Waals surface area contributed by atoms with Gasteiger partial charge in [0.25, 0.3) is 0 Å². The number of anilines is 1. The Morgan fingerprint density at radius 3 is 2.67 bits per heavy atom. The molecular formula is C21H35N5O. The number of hydrogen-bond acceptors (Lipinski definition) is 3. The second-order valence-corrected chi connectivity index (χ2v) is 7.47. The van der Waals surface area contributed by atoms with E-state index >= 15 is 0 Å². The summed E-state index contributed by atoms with van der Waals surface area (Å²) in [7, 11) is 0. The first kappa shape index (κ1) is 21.1. The Bertz CT molecular complexity index is 612. The van der Waals surface area contributed by atoms with Gasteiger partial charge in [-0.3, -0.25) is 9.79 Å². The average Bonchev–Trinajstić information content (AvgIpc) is 2.66. The Kier molecular flexibility index (Phi) is 8.43. The Morgan fingerprint density at radius 2 is 2.00 bits per heavy atom. The molecule has 0 spiro atoms. The van der Waals surface area contributed by atoms with Crippen LogP contribution in [0.3, 0.4) is 0 Å². The molecule has 2 rings (SSSR count). The summed E-state index contributed by atoms with van der Waals surface area (Å²) in [5.41, 5.74) is 2.57. The SMILES string of the molecule is CCNC(=NCCNC(=O)C(C)C)NC1CCCN(c2ccc(C)cc2)C1. The van der Waals surface area contributed by atoms with Crippen molar-refractivity contribution < 1.29 is 4.79 Å². The molecule has 6 heteroatoms. The fraction of sp³-hybridized carbons (Fsp3) is 0.619. The summed E-state index contributed by atoms with van der Waals surface area (Å²) in [4.78, 5) is 18.7. The van der Waals surface area contributed by atoms with Crippen molar-refractivity contribution in [2.75, 3.05) is 37.6 Å². The molecule has 1 aromatic carbocycles. The summed E-state index contributed by atoms with van der Waals surface area (Å²) < 4.78 is 0. The molecule has 1 unspecified atom stereocenters. The summed E-state index contributed by atoms with van der Waals surface area (Å²) in [5, 5.41) is 9.78. The zero-order chi connectivity index (χ0) is 19.6. The van der Waals surface area contributed by atoms with Gasteiger partial charge in [-0.15, -0.1) is 0 Å². The molecule has 27 heavy (non-hydrogen) atoms. The number of rotatable bonds is 7. The fourth-order valence-corrected chi connectivity index (χ4v) is 3.15. The van der Waals surface area contributed by atoms with Gasteiger partial charge in [0.05, 0.1) is 6.54 Å². The normalized spacial score (nSPS) is 17.7. The highest BCUT2D eigenvalue weighted by molar-refractivity contribution is 5.80. The maximum atomic E-state index is 11.6. The molecule has 0 aliphatic carbocycles. The van der Waals surface area contributed by atoms with Crippen LogP contribution in [0.4, 0.5) is 5.69 Å². The Labute approximate surface area is 163 Å². The van der Waals surface area contributed by atoms with Crippen LogP contribution in [-0.4, -0.2) is 50.6 Å². The van der Waals surface area contributed by atoms with E-state index in [1.807, 2.05) is 13.8 Å². The lowest BCUT2D eigenvalue weighted by Crippen LogP contribution is -2.51. The van der Waals surface area contributed by atoms with Gasteiger partial charge in [0.1, 0.15) is 0 Å². The van der Waals surface area contributed by atoms with E-state index in [-0.39, 0.29) is 11.8 Å². The highest BCUT2D eigenvalue weighted by Crippen LogP contribution is 2.20. The van der Waals surface area contributed by atoms with Crippen LogP contribution in [0.2, 0.25) is 0 Å². The largest absolute Gasteiger partial charge is 0.369 e. The predicted octanol–water partition coefficient (Wildman–Crippen LogP) is 2.29. The van der Waals surface area contributed by atoms with E-state index in [4.69, 9.17) is 0 Å². The zero-order valence-electron chi connectivity index (χ0n) is 17.2. The molecule has 1 aliphatic heterocycles. The van der Waals surface area contributed by atoms with Crippen LogP contribution in [0.15, 0.2) is 29.3 Å². The van der Waals surface area contributed by atoms with Crippen molar-refractivity contribution in [3.63, 3.8) is 0 Å². The number of aryl methyl sites for hydroxylation is 1. The summed E-state index contributed by atoms with van der Waals surface area (Å²) >= 11 is 0. The van der Waals surface area contributed by atoms with E-state index < -0.39 is 0 Å². The number of nitrogens with zero attached hydrogens (tertiary/aromatic N) is 2. The molecule has 1 heterocycles. The molecule has 1 amide bonds. The Hall–Kier alpha value is -2.24. The number of carbonyl (C=O) groups is 1. The van der Waals surface area contributed by atoms with E-state index in [1.165, 1.54) is 11.3 Å². The van der Waals surface area contributed by atoms with E-state index in [2.05, 4.69) is 64.0 Å². The summed E-state index contributed by atoms with van der Waals surface area (Å²) in [5.74, 6) is 0.909. The van der Waals surface area contributed by atoms with Gasteiger partial charge in [-0.05, 0) is 38.8 Å². The highest BCUT2D eigenvalue weighted by Gasteiger charge is 2.21. The van der Waals surface area contributed by atoms with Crippen molar-refractivity contribution in [1.29, 1.82) is 0 Å². The molecule has 1 aromatic rings. The summed E-state index contributed by atoms with van der Waals surface area (Å²) in [6, 6.07) is 9.11. The van der Waals surface area contributed by atoms with Crippen LogP contribution in [0.25, 0.3) is 0 Å². The third-order valence-corrected chi connectivity index (χ3v) is 4.71. The smallest absolute Gasteiger partial charge is 0.222 e. The molecule has 1 aliphatic rings. The number of nitrogens with one attached hydrogen (secondary N) is 3. The van der Waals surface area contributed by atoms with Crippen molar-refractivity contribution in [2.45, 2.75) is 46.6 Å². The van der Waals surface area contributed by atoms with Crippen LogP contribution in [-0.2, 0) is 4.79 Å². The lowest BCUT2D eigenvalue weighted by molar-refractivity contribution is -0.123. The second kappa shape index (κ2) is 10.8. The fourth-order valence-electron chi connectivity index (χ4n) is 3.15. The minimum absolute atomic E-state index is 0.00957. The minimum Gasteiger partial charge on any atom is -0.369 e.